The van der Waals surface area contributed by atoms with E-state index in [0.717, 1.165) is 41.8 Å². The number of aromatic nitrogens is 1. The van der Waals surface area contributed by atoms with E-state index < -0.39 is 0 Å². The lowest BCUT2D eigenvalue weighted by molar-refractivity contribution is 0.666. The summed E-state index contributed by atoms with van der Waals surface area (Å²) >= 11 is 0. The molecule has 1 aromatic carbocycles. The zero-order chi connectivity index (χ0) is 11.4. The number of para-hydroxylation sites is 1. The van der Waals surface area contributed by atoms with Crippen LogP contribution in [0.3, 0.4) is 0 Å². The van der Waals surface area contributed by atoms with Crippen LogP contribution >= 0.6 is 0 Å². The predicted octanol–water partition coefficient (Wildman–Crippen LogP) is 2.32. The average molecular weight is 215 g/mol. The van der Waals surface area contributed by atoms with Gasteiger partial charge in [-0.25, -0.2) is 0 Å². The number of nitrogen functional groups attached to an aromatic ring is 1. The van der Waals surface area contributed by atoms with Crippen LogP contribution in [0.1, 0.15) is 19.0 Å². The topological polar surface area (TPSA) is 50.9 Å². The molecule has 3 heteroatoms. The summed E-state index contributed by atoms with van der Waals surface area (Å²) in [7, 11) is 0. The van der Waals surface area contributed by atoms with Gasteiger partial charge in [-0.05, 0) is 25.1 Å². The molecule has 0 aliphatic heterocycles. The third-order valence-electron chi connectivity index (χ3n) is 2.53. The van der Waals surface area contributed by atoms with Crippen LogP contribution in [0.4, 0.5) is 5.69 Å². The molecule has 1 aromatic heterocycles. The molecule has 3 nitrogen and oxygen atoms in total. The normalized spacial score (nSPS) is 10.8. The van der Waals surface area contributed by atoms with Crippen LogP contribution in [0, 0.1) is 0 Å². The Morgan fingerprint density at radius 2 is 2.12 bits per heavy atom. The summed E-state index contributed by atoms with van der Waals surface area (Å²) in [5.41, 5.74) is 8.77. The van der Waals surface area contributed by atoms with E-state index in [1.807, 2.05) is 30.3 Å². The zero-order valence-corrected chi connectivity index (χ0v) is 9.53. The maximum atomic E-state index is 5.99. The summed E-state index contributed by atoms with van der Waals surface area (Å²) in [4.78, 5) is 4.57. The number of anilines is 1. The Kier molecular flexibility index (Phi) is 3.37. The lowest BCUT2D eigenvalue weighted by Crippen LogP contribution is -2.15. The van der Waals surface area contributed by atoms with Gasteiger partial charge in [0.15, 0.2) is 0 Å². The molecule has 16 heavy (non-hydrogen) atoms. The molecule has 3 N–H and O–H groups in total. The Labute approximate surface area is 95.7 Å². The number of fused-ring (bicyclic) bond motifs is 1. The summed E-state index contributed by atoms with van der Waals surface area (Å²) in [5.74, 6) is 0. The van der Waals surface area contributed by atoms with Crippen molar-refractivity contribution >= 4 is 16.6 Å². The lowest BCUT2D eigenvalue weighted by atomic mass is 10.1. The van der Waals surface area contributed by atoms with Gasteiger partial charge in [0.25, 0.3) is 0 Å². The first-order valence-corrected chi connectivity index (χ1v) is 5.66. The maximum absolute atomic E-state index is 5.99. The Bertz CT molecular complexity index is 480. The van der Waals surface area contributed by atoms with Crippen LogP contribution in [0.2, 0.25) is 0 Å². The van der Waals surface area contributed by atoms with Crippen LogP contribution in [0.15, 0.2) is 30.3 Å². The van der Waals surface area contributed by atoms with Gasteiger partial charge in [-0.1, -0.05) is 25.1 Å². The van der Waals surface area contributed by atoms with Crippen molar-refractivity contribution in [3.05, 3.63) is 36.0 Å². The summed E-state index contributed by atoms with van der Waals surface area (Å²) in [6, 6.07) is 9.91. The highest BCUT2D eigenvalue weighted by Gasteiger charge is 2.01. The molecule has 0 radical (unpaired) electrons. The molecule has 0 fully saturated rings. The lowest BCUT2D eigenvalue weighted by Gasteiger charge is -2.06. The van der Waals surface area contributed by atoms with Gasteiger partial charge in [0, 0.05) is 17.6 Å². The largest absolute Gasteiger partial charge is 0.398 e. The van der Waals surface area contributed by atoms with Gasteiger partial charge in [-0.3, -0.25) is 4.98 Å². The summed E-state index contributed by atoms with van der Waals surface area (Å²) in [5, 5.41) is 4.35. The molecule has 0 saturated heterocycles. The van der Waals surface area contributed by atoms with E-state index in [4.69, 9.17) is 5.73 Å². The Morgan fingerprint density at radius 1 is 1.31 bits per heavy atom. The van der Waals surface area contributed by atoms with Crippen LogP contribution in [-0.2, 0) is 6.54 Å². The van der Waals surface area contributed by atoms with Crippen molar-refractivity contribution in [1.82, 2.24) is 10.3 Å². The number of nitrogens with two attached hydrogens (primary N) is 1. The minimum Gasteiger partial charge on any atom is -0.398 e. The van der Waals surface area contributed by atoms with E-state index >= 15 is 0 Å². The molecule has 2 rings (SSSR count). The fourth-order valence-electron chi connectivity index (χ4n) is 1.74. The molecule has 0 saturated carbocycles. The fourth-order valence-corrected chi connectivity index (χ4v) is 1.74. The quantitative estimate of drug-likeness (QED) is 0.769. The van der Waals surface area contributed by atoms with Gasteiger partial charge >= 0.3 is 0 Å². The van der Waals surface area contributed by atoms with Gasteiger partial charge in [-0.15, -0.1) is 0 Å². The number of pyridine rings is 1. The molecule has 0 bridgehead atoms. The van der Waals surface area contributed by atoms with Crippen molar-refractivity contribution in [2.24, 2.45) is 0 Å². The maximum Gasteiger partial charge on any atom is 0.0726 e. The van der Waals surface area contributed by atoms with Crippen molar-refractivity contribution in [2.75, 3.05) is 12.3 Å². The predicted molar refractivity (Wildman–Crippen MR) is 68.2 cm³/mol. The molecule has 0 aliphatic carbocycles. The molecule has 84 valence electrons. The van der Waals surface area contributed by atoms with Crippen molar-refractivity contribution in [2.45, 2.75) is 19.9 Å². The molecular formula is C13H17N3. The van der Waals surface area contributed by atoms with Crippen molar-refractivity contribution < 1.29 is 0 Å². The first kappa shape index (κ1) is 10.9. The van der Waals surface area contributed by atoms with E-state index in [1.54, 1.807) is 0 Å². The van der Waals surface area contributed by atoms with Gasteiger partial charge in [0.2, 0.25) is 0 Å². The molecule has 0 amide bonds. The molecule has 0 aliphatic rings. The van der Waals surface area contributed by atoms with Crippen molar-refractivity contribution in [3.63, 3.8) is 0 Å². The van der Waals surface area contributed by atoms with Gasteiger partial charge < -0.3 is 11.1 Å². The Hall–Kier alpha value is -1.61. The van der Waals surface area contributed by atoms with E-state index in [9.17, 15) is 0 Å². The summed E-state index contributed by atoms with van der Waals surface area (Å²) in [6.45, 7) is 3.94. The van der Waals surface area contributed by atoms with Gasteiger partial charge in [0.05, 0.1) is 11.2 Å². The number of nitrogens with zero attached hydrogens (tertiary/aromatic N) is 1. The summed E-state index contributed by atoms with van der Waals surface area (Å²) < 4.78 is 0. The second kappa shape index (κ2) is 4.94. The van der Waals surface area contributed by atoms with Crippen molar-refractivity contribution in [1.29, 1.82) is 0 Å². The smallest absolute Gasteiger partial charge is 0.0726 e. The molecule has 0 atom stereocenters. The number of benzene rings is 1. The monoisotopic (exact) mass is 215 g/mol. The number of hydrogen-bond acceptors (Lipinski definition) is 3. The first-order valence-electron chi connectivity index (χ1n) is 5.66. The average Bonchev–Trinajstić information content (AvgIpc) is 2.30. The number of nitrogens with one attached hydrogen (secondary N) is 1. The van der Waals surface area contributed by atoms with Crippen LogP contribution in [0.5, 0.6) is 0 Å². The molecule has 0 unspecified atom stereocenters. The highest BCUT2D eigenvalue weighted by atomic mass is 14.9. The molecule has 1 heterocycles. The van der Waals surface area contributed by atoms with Crippen molar-refractivity contribution in [3.8, 4) is 0 Å². The highest BCUT2D eigenvalue weighted by Crippen LogP contribution is 2.19. The number of rotatable bonds is 4. The SMILES string of the molecule is CCCNCc1cc(N)c2ccccc2n1. The summed E-state index contributed by atoms with van der Waals surface area (Å²) in [6.07, 6.45) is 1.13. The third kappa shape index (κ3) is 2.31. The van der Waals surface area contributed by atoms with Gasteiger partial charge in [-0.2, -0.15) is 0 Å². The van der Waals surface area contributed by atoms with Gasteiger partial charge in [0.1, 0.15) is 0 Å². The zero-order valence-electron chi connectivity index (χ0n) is 9.53. The molecular weight excluding hydrogens is 198 g/mol. The highest BCUT2D eigenvalue weighted by molar-refractivity contribution is 5.90. The first-order chi connectivity index (χ1) is 7.81. The van der Waals surface area contributed by atoms with Crippen LogP contribution in [0.25, 0.3) is 10.9 Å². The fraction of sp³-hybridized carbons (Fsp3) is 0.308. The van der Waals surface area contributed by atoms with Crippen LogP contribution < -0.4 is 11.1 Å². The third-order valence-corrected chi connectivity index (χ3v) is 2.53. The number of hydrogen-bond donors (Lipinski definition) is 2. The van der Waals surface area contributed by atoms with E-state index in [-0.39, 0.29) is 0 Å². The second-order valence-electron chi connectivity index (χ2n) is 3.90. The van der Waals surface area contributed by atoms with E-state index in [1.165, 1.54) is 0 Å². The van der Waals surface area contributed by atoms with E-state index in [0.29, 0.717) is 0 Å². The minimum absolute atomic E-state index is 0.781. The Morgan fingerprint density at radius 3 is 2.94 bits per heavy atom. The second-order valence-corrected chi connectivity index (χ2v) is 3.90. The van der Waals surface area contributed by atoms with E-state index in [2.05, 4.69) is 17.2 Å². The minimum atomic E-state index is 0.781. The molecule has 0 spiro atoms. The van der Waals surface area contributed by atoms with Crippen LogP contribution in [-0.4, -0.2) is 11.5 Å². The Balaban J connectivity index is 2.27. The standard InChI is InChI=1S/C13H17N3/c1-2-7-15-9-10-8-12(14)11-5-3-4-6-13(11)16-10/h3-6,8,15H,2,7,9H2,1H3,(H2,14,16). The molecule has 2 aromatic rings.